The standard InChI is InChI=1S/C46H67N11O11S2/c1-5-27(4)40-45(67)53-30(13-14-35(47)58)42(64)55-34(22-36(48)59)43(65)54-31(15-18-69-19-16-38(61)51-33(44(66)56-40)21-28-10-7-6-8-11-28)46(68)57(24-29-12-9-17-70-29)25-39(62)52-32(20-26(2)3)41(63)50-23-37(49)60/h6-12,17,26-27,30-34,40H,5,13-16,18-25H2,1-4H3,(H2,47,58)(H2,48,59)(H2,49,60)(H,50,63)(H,51,61)(H,52,62)(H,53,67)(H,54,65)(H,55,64)(H,56,66)/t27-,30-,31-,32-,33-,34-,40-/m0/s1. The summed E-state index contributed by atoms with van der Waals surface area (Å²) in [4.78, 5) is 149. The van der Waals surface area contributed by atoms with E-state index in [4.69, 9.17) is 17.2 Å². The molecule has 1 aliphatic rings. The molecule has 7 atom stereocenters. The maximum Gasteiger partial charge on any atom is 0.245 e. The average Bonchev–Trinajstić information content (AvgIpc) is 3.82. The Morgan fingerprint density at radius 1 is 0.771 bits per heavy atom. The van der Waals surface area contributed by atoms with Gasteiger partial charge in [0.2, 0.25) is 65.0 Å². The summed E-state index contributed by atoms with van der Waals surface area (Å²) in [7, 11) is 0. The van der Waals surface area contributed by atoms with Gasteiger partial charge in [-0.3, -0.25) is 52.7 Å². The summed E-state index contributed by atoms with van der Waals surface area (Å²) in [5, 5.41) is 19.9. The van der Waals surface area contributed by atoms with Crippen LogP contribution >= 0.6 is 23.1 Å². The number of nitrogens with two attached hydrogens (primary N) is 3. The molecule has 0 saturated carbocycles. The first-order valence-corrected chi connectivity index (χ1v) is 25.1. The molecule has 0 aliphatic carbocycles. The van der Waals surface area contributed by atoms with Crippen molar-refractivity contribution in [1.29, 1.82) is 0 Å². The largest absolute Gasteiger partial charge is 0.370 e. The van der Waals surface area contributed by atoms with Crippen LogP contribution in [-0.2, 0) is 65.7 Å². The Balaban J connectivity index is 2.07. The highest BCUT2D eigenvalue weighted by atomic mass is 32.2. The van der Waals surface area contributed by atoms with Crippen LogP contribution in [0.15, 0.2) is 47.8 Å². The van der Waals surface area contributed by atoms with Crippen molar-refractivity contribution in [2.24, 2.45) is 29.0 Å². The van der Waals surface area contributed by atoms with E-state index in [0.717, 1.165) is 5.56 Å². The zero-order valence-corrected chi connectivity index (χ0v) is 41.5. The molecular weight excluding hydrogens is 947 g/mol. The highest BCUT2D eigenvalue weighted by molar-refractivity contribution is 7.99. The average molecular weight is 1010 g/mol. The Kier molecular flexibility index (Phi) is 24.3. The number of hydrogen-bond donors (Lipinski definition) is 10. The van der Waals surface area contributed by atoms with Crippen LogP contribution in [-0.4, -0.2) is 131 Å². The summed E-state index contributed by atoms with van der Waals surface area (Å²) in [6, 6.07) is 4.14. The minimum Gasteiger partial charge on any atom is -0.370 e. The van der Waals surface area contributed by atoms with E-state index in [9.17, 15) is 52.7 Å². The molecule has 0 spiro atoms. The molecule has 3 rings (SSSR count). The predicted octanol–water partition coefficient (Wildman–Crippen LogP) is -1.41. The monoisotopic (exact) mass is 1010 g/mol. The number of carbonyl (C=O) groups is 11. The second kappa shape index (κ2) is 29.5. The molecule has 1 aromatic heterocycles. The van der Waals surface area contributed by atoms with Crippen LogP contribution in [0.2, 0.25) is 0 Å². The van der Waals surface area contributed by atoms with E-state index in [-0.39, 0.29) is 56.1 Å². The van der Waals surface area contributed by atoms with Gasteiger partial charge < -0.3 is 59.3 Å². The highest BCUT2D eigenvalue weighted by Crippen LogP contribution is 2.17. The minimum atomic E-state index is -1.73. The molecule has 0 radical (unpaired) electrons. The Bertz CT molecular complexity index is 2150. The van der Waals surface area contributed by atoms with Crippen molar-refractivity contribution < 1.29 is 52.7 Å². The van der Waals surface area contributed by atoms with E-state index >= 15 is 0 Å². The lowest BCUT2D eigenvalue weighted by molar-refractivity contribution is -0.141. The van der Waals surface area contributed by atoms with Gasteiger partial charge in [-0.2, -0.15) is 11.8 Å². The fourth-order valence-corrected chi connectivity index (χ4v) is 8.87. The second-order valence-corrected chi connectivity index (χ2v) is 19.7. The number of rotatable bonds is 20. The number of primary amides is 3. The topological polar surface area (TPSA) is 353 Å². The Labute approximate surface area is 415 Å². The normalized spacial score (nSPS) is 20.8. The van der Waals surface area contributed by atoms with Crippen molar-refractivity contribution in [3.8, 4) is 0 Å². The lowest BCUT2D eigenvalue weighted by atomic mass is 9.96. The summed E-state index contributed by atoms with van der Waals surface area (Å²) in [5.41, 5.74) is 16.9. The number of amides is 11. The summed E-state index contributed by atoms with van der Waals surface area (Å²) in [5.74, 6) is -9.17. The van der Waals surface area contributed by atoms with Crippen LogP contribution in [0.25, 0.3) is 0 Å². The molecule has 1 aliphatic heterocycles. The number of thiophene rings is 1. The van der Waals surface area contributed by atoms with Gasteiger partial charge in [0, 0.05) is 29.9 Å². The number of benzene rings is 1. The number of nitrogens with zero attached hydrogens (tertiary/aromatic N) is 1. The van der Waals surface area contributed by atoms with Crippen molar-refractivity contribution >= 4 is 88.1 Å². The maximum absolute atomic E-state index is 14.7. The molecule has 70 heavy (non-hydrogen) atoms. The zero-order valence-electron chi connectivity index (χ0n) is 39.9. The molecule has 22 nitrogen and oxygen atoms in total. The van der Waals surface area contributed by atoms with E-state index in [1.165, 1.54) is 28.0 Å². The SMILES string of the molecule is CC[C@H](C)[C@@H]1NC(=O)[C@H](Cc2ccccc2)NC(=O)CCSCC[C@@H](C(=O)N(CC(=O)N[C@@H](CC(C)C)C(=O)NCC(N)=O)Cc2cccs2)NC(=O)[C@H](CC(N)=O)NC(=O)[C@H](CCC(N)=O)NC1=O. The first-order chi connectivity index (χ1) is 33.2. The predicted molar refractivity (Wildman–Crippen MR) is 261 cm³/mol. The van der Waals surface area contributed by atoms with Crippen LogP contribution in [0.3, 0.4) is 0 Å². The van der Waals surface area contributed by atoms with E-state index in [2.05, 4.69) is 37.2 Å². The molecule has 11 amide bonds. The zero-order chi connectivity index (χ0) is 51.9. The lowest BCUT2D eigenvalue weighted by Gasteiger charge is -2.30. The first kappa shape index (κ1) is 57.8. The maximum atomic E-state index is 14.7. The van der Waals surface area contributed by atoms with Gasteiger partial charge in [-0.25, -0.2) is 0 Å². The van der Waals surface area contributed by atoms with E-state index in [1.807, 2.05) is 13.8 Å². The van der Waals surface area contributed by atoms with Crippen LogP contribution in [0.1, 0.15) is 83.1 Å². The summed E-state index contributed by atoms with van der Waals surface area (Å²) in [6.45, 7) is 5.91. The third kappa shape index (κ3) is 20.6. The van der Waals surface area contributed by atoms with Gasteiger partial charge in [0.1, 0.15) is 36.3 Å². The van der Waals surface area contributed by atoms with Gasteiger partial charge in [-0.15, -0.1) is 11.3 Å². The molecule has 13 N–H and O–H groups in total. The second-order valence-electron chi connectivity index (χ2n) is 17.4. The lowest BCUT2D eigenvalue weighted by Crippen LogP contribution is -2.61. The number of thioether (sulfide) groups is 1. The number of carbonyl (C=O) groups excluding carboxylic acids is 11. The molecule has 1 fully saturated rings. The first-order valence-electron chi connectivity index (χ1n) is 23.0. The van der Waals surface area contributed by atoms with Crippen molar-refractivity contribution in [2.75, 3.05) is 24.6 Å². The van der Waals surface area contributed by atoms with E-state index in [1.54, 1.807) is 61.7 Å². The number of nitrogens with one attached hydrogen (secondary N) is 7. The van der Waals surface area contributed by atoms with Gasteiger partial charge >= 0.3 is 0 Å². The highest BCUT2D eigenvalue weighted by Gasteiger charge is 2.36. The molecule has 1 saturated heterocycles. The van der Waals surface area contributed by atoms with Crippen LogP contribution in [0.5, 0.6) is 0 Å². The van der Waals surface area contributed by atoms with Gasteiger partial charge in [0.15, 0.2) is 0 Å². The minimum absolute atomic E-state index is 0.0651. The molecule has 2 aromatic rings. The molecule has 1 aromatic carbocycles. The van der Waals surface area contributed by atoms with Gasteiger partial charge in [-0.05, 0) is 53.9 Å². The van der Waals surface area contributed by atoms with Crippen LogP contribution in [0, 0.1) is 11.8 Å². The number of hydrogen-bond acceptors (Lipinski definition) is 13. The Hall–Kier alpha value is -6.56. The smallest absolute Gasteiger partial charge is 0.245 e. The van der Waals surface area contributed by atoms with Gasteiger partial charge in [-0.1, -0.05) is 70.5 Å². The van der Waals surface area contributed by atoms with Crippen molar-refractivity contribution in [1.82, 2.24) is 42.1 Å². The Morgan fingerprint density at radius 3 is 2.06 bits per heavy atom. The third-order valence-corrected chi connectivity index (χ3v) is 13.0. The van der Waals surface area contributed by atoms with Gasteiger partial charge in [0.05, 0.1) is 26.1 Å². The van der Waals surface area contributed by atoms with E-state index in [0.29, 0.717) is 11.3 Å². The van der Waals surface area contributed by atoms with Crippen molar-refractivity contribution in [3.05, 3.63) is 58.3 Å². The summed E-state index contributed by atoms with van der Waals surface area (Å²) >= 11 is 2.53. The fourth-order valence-electron chi connectivity index (χ4n) is 7.22. The molecule has 2 heterocycles. The summed E-state index contributed by atoms with van der Waals surface area (Å²) in [6.07, 6.45) is -1.11. The molecule has 0 unspecified atom stereocenters. The van der Waals surface area contributed by atoms with Crippen molar-refractivity contribution in [3.63, 3.8) is 0 Å². The molecule has 24 heteroatoms. The summed E-state index contributed by atoms with van der Waals surface area (Å²) < 4.78 is 0. The molecular formula is C46H67N11O11S2. The van der Waals surface area contributed by atoms with Crippen LogP contribution < -0.4 is 54.4 Å². The van der Waals surface area contributed by atoms with Crippen molar-refractivity contribution in [2.45, 2.75) is 122 Å². The quantitative estimate of drug-likeness (QED) is 0.0732. The van der Waals surface area contributed by atoms with Gasteiger partial charge in [0.25, 0.3) is 0 Å². The molecule has 384 valence electrons. The van der Waals surface area contributed by atoms with Crippen LogP contribution in [0.4, 0.5) is 0 Å². The Morgan fingerprint density at radius 2 is 1.44 bits per heavy atom. The van der Waals surface area contributed by atoms with E-state index < -0.39 is 133 Å². The third-order valence-electron chi connectivity index (χ3n) is 11.1. The fraction of sp³-hybridized carbons (Fsp3) is 0.543. The molecule has 0 bridgehead atoms.